The van der Waals surface area contributed by atoms with Crippen LogP contribution < -0.4 is 5.73 Å². The lowest BCUT2D eigenvalue weighted by Gasteiger charge is -2.02. The highest BCUT2D eigenvalue weighted by atomic mass is 35.5. The van der Waals surface area contributed by atoms with Crippen LogP contribution in [-0.4, -0.2) is 9.97 Å². The summed E-state index contributed by atoms with van der Waals surface area (Å²) < 4.78 is 0. The molecule has 0 unspecified atom stereocenters. The molecular weight excluding hydrogens is 222 g/mol. The van der Waals surface area contributed by atoms with Crippen LogP contribution in [0.2, 0.25) is 5.02 Å². The van der Waals surface area contributed by atoms with E-state index in [4.69, 9.17) is 17.3 Å². The second-order valence-corrected chi connectivity index (χ2v) is 4.28. The standard InChI is InChI=1S/C12H10ClN3/c13-8-2-1-7-3-11-12(10(7)4-8)16-9(5-14)6-15-11/h1-2,4,6H,3,5,14H2. The highest BCUT2D eigenvalue weighted by Crippen LogP contribution is 2.35. The van der Waals surface area contributed by atoms with E-state index in [1.807, 2.05) is 18.2 Å². The first-order valence-electron chi connectivity index (χ1n) is 5.11. The van der Waals surface area contributed by atoms with E-state index in [2.05, 4.69) is 9.97 Å². The van der Waals surface area contributed by atoms with Crippen molar-refractivity contribution < 1.29 is 0 Å². The van der Waals surface area contributed by atoms with E-state index in [0.29, 0.717) is 6.54 Å². The van der Waals surface area contributed by atoms with E-state index in [9.17, 15) is 0 Å². The topological polar surface area (TPSA) is 51.8 Å². The largest absolute Gasteiger partial charge is 0.325 e. The van der Waals surface area contributed by atoms with Crippen molar-refractivity contribution in [3.63, 3.8) is 0 Å². The molecule has 16 heavy (non-hydrogen) atoms. The Morgan fingerprint density at radius 3 is 3.06 bits per heavy atom. The molecular formula is C12H10ClN3. The van der Waals surface area contributed by atoms with Crippen molar-refractivity contribution >= 4 is 11.6 Å². The number of rotatable bonds is 1. The first-order valence-corrected chi connectivity index (χ1v) is 5.49. The molecule has 4 heteroatoms. The smallest absolute Gasteiger partial charge is 0.0928 e. The van der Waals surface area contributed by atoms with Crippen molar-refractivity contribution in [2.45, 2.75) is 13.0 Å². The van der Waals surface area contributed by atoms with Gasteiger partial charge < -0.3 is 5.73 Å². The van der Waals surface area contributed by atoms with Crippen molar-refractivity contribution in [3.8, 4) is 11.3 Å². The van der Waals surface area contributed by atoms with Gasteiger partial charge in [-0.2, -0.15) is 0 Å². The third-order valence-corrected chi connectivity index (χ3v) is 3.03. The molecule has 1 aromatic carbocycles. The van der Waals surface area contributed by atoms with Gasteiger partial charge in [0.15, 0.2) is 0 Å². The van der Waals surface area contributed by atoms with Gasteiger partial charge in [0.25, 0.3) is 0 Å². The summed E-state index contributed by atoms with van der Waals surface area (Å²) in [5, 5.41) is 0.728. The fourth-order valence-electron chi connectivity index (χ4n) is 2.00. The molecule has 1 heterocycles. The molecule has 0 saturated carbocycles. The quantitative estimate of drug-likeness (QED) is 0.698. The van der Waals surface area contributed by atoms with Crippen LogP contribution in [0.3, 0.4) is 0 Å². The summed E-state index contributed by atoms with van der Waals surface area (Å²) in [4.78, 5) is 8.90. The van der Waals surface area contributed by atoms with Gasteiger partial charge >= 0.3 is 0 Å². The first-order chi connectivity index (χ1) is 7.78. The summed E-state index contributed by atoms with van der Waals surface area (Å²) in [5.74, 6) is 0. The molecule has 1 aliphatic rings. The highest BCUT2D eigenvalue weighted by Gasteiger charge is 2.21. The minimum atomic E-state index is 0.413. The third kappa shape index (κ3) is 1.40. The van der Waals surface area contributed by atoms with Crippen LogP contribution in [0.15, 0.2) is 24.4 Å². The van der Waals surface area contributed by atoms with E-state index in [1.54, 1.807) is 6.20 Å². The minimum absolute atomic E-state index is 0.413. The van der Waals surface area contributed by atoms with E-state index < -0.39 is 0 Å². The number of hydrogen-bond donors (Lipinski definition) is 1. The fourth-order valence-corrected chi connectivity index (χ4v) is 2.17. The maximum atomic E-state index is 5.99. The average molecular weight is 232 g/mol. The summed E-state index contributed by atoms with van der Waals surface area (Å²) in [7, 11) is 0. The van der Waals surface area contributed by atoms with Crippen molar-refractivity contribution in [2.75, 3.05) is 0 Å². The van der Waals surface area contributed by atoms with Gasteiger partial charge in [-0.15, -0.1) is 0 Å². The van der Waals surface area contributed by atoms with Gasteiger partial charge in [0.05, 0.1) is 23.3 Å². The number of nitrogens with zero attached hydrogens (tertiary/aromatic N) is 2. The maximum absolute atomic E-state index is 5.99. The summed E-state index contributed by atoms with van der Waals surface area (Å²) in [6, 6.07) is 5.87. The van der Waals surface area contributed by atoms with Crippen molar-refractivity contribution in [3.05, 3.63) is 46.4 Å². The fraction of sp³-hybridized carbons (Fsp3) is 0.167. The van der Waals surface area contributed by atoms with Crippen LogP contribution in [0, 0.1) is 0 Å². The molecule has 0 atom stereocenters. The van der Waals surface area contributed by atoms with E-state index in [0.717, 1.165) is 34.1 Å². The lowest BCUT2D eigenvalue weighted by molar-refractivity contribution is 0.949. The highest BCUT2D eigenvalue weighted by molar-refractivity contribution is 6.30. The number of nitrogens with two attached hydrogens (primary N) is 1. The summed E-state index contributed by atoms with van der Waals surface area (Å²) in [6.45, 7) is 0.413. The minimum Gasteiger partial charge on any atom is -0.325 e. The molecule has 80 valence electrons. The average Bonchev–Trinajstić information content (AvgIpc) is 2.66. The van der Waals surface area contributed by atoms with Gasteiger partial charge in [-0.1, -0.05) is 17.7 Å². The second kappa shape index (κ2) is 3.54. The summed E-state index contributed by atoms with van der Waals surface area (Å²) >= 11 is 5.99. The molecule has 0 aliphatic heterocycles. The first kappa shape index (κ1) is 9.75. The van der Waals surface area contributed by atoms with Crippen molar-refractivity contribution in [1.82, 2.24) is 9.97 Å². The molecule has 1 aliphatic carbocycles. The molecule has 0 amide bonds. The number of benzene rings is 1. The number of fused-ring (bicyclic) bond motifs is 3. The summed E-state index contributed by atoms with van der Waals surface area (Å²) in [5.41, 5.74) is 10.6. The van der Waals surface area contributed by atoms with Crippen LogP contribution in [0.4, 0.5) is 0 Å². The Kier molecular flexibility index (Phi) is 2.16. The zero-order chi connectivity index (χ0) is 11.1. The van der Waals surface area contributed by atoms with Crippen LogP contribution in [0.25, 0.3) is 11.3 Å². The molecule has 0 radical (unpaired) electrons. The SMILES string of the molecule is NCc1cnc2c(n1)-c1cc(Cl)ccc1C2. The van der Waals surface area contributed by atoms with Gasteiger partial charge in [0.2, 0.25) is 0 Å². The maximum Gasteiger partial charge on any atom is 0.0928 e. The molecule has 0 saturated heterocycles. The molecule has 3 rings (SSSR count). The number of hydrogen-bond acceptors (Lipinski definition) is 3. The molecule has 1 aromatic heterocycles. The monoisotopic (exact) mass is 231 g/mol. The van der Waals surface area contributed by atoms with Gasteiger partial charge in [0.1, 0.15) is 0 Å². The zero-order valence-electron chi connectivity index (χ0n) is 8.57. The van der Waals surface area contributed by atoms with E-state index in [-0.39, 0.29) is 0 Å². The van der Waals surface area contributed by atoms with Crippen LogP contribution in [-0.2, 0) is 13.0 Å². The molecule has 2 aromatic rings. The van der Waals surface area contributed by atoms with E-state index >= 15 is 0 Å². The predicted molar refractivity (Wildman–Crippen MR) is 63.2 cm³/mol. The van der Waals surface area contributed by atoms with Gasteiger partial charge in [0, 0.05) is 23.6 Å². The van der Waals surface area contributed by atoms with Crippen LogP contribution >= 0.6 is 11.6 Å². The normalized spacial score (nSPS) is 12.4. The zero-order valence-corrected chi connectivity index (χ0v) is 9.33. The summed E-state index contributed by atoms with van der Waals surface area (Å²) in [6.07, 6.45) is 2.58. The molecule has 0 spiro atoms. The molecule has 3 nitrogen and oxygen atoms in total. The number of halogens is 1. The Morgan fingerprint density at radius 1 is 1.38 bits per heavy atom. The van der Waals surface area contributed by atoms with Gasteiger partial charge in [-0.05, 0) is 17.7 Å². The second-order valence-electron chi connectivity index (χ2n) is 3.84. The Labute approximate surface area is 98.3 Å². The van der Waals surface area contributed by atoms with E-state index in [1.165, 1.54) is 5.56 Å². The Balaban J connectivity index is 2.22. The predicted octanol–water partition coefficient (Wildman–Crippen LogP) is 2.16. The van der Waals surface area contributed by atoms with Crippen molar-refractivity contribution in [2.24, 2.45) is 5.73 Å². The van der Waals surface area contributed by atoms with Crippen LogP contribution in [0.5, 0.6) is 0 Å². The lowest BCUT2D eigenvalue weighted by atomic mass is 10.1. The van der Waals surface area contributed by atoms with Gasteiger partial charge in [-0.25, -0.2) is 4.98 Å². The number of aromatic nitrogens is 2. The lowest BCUT2D eigenvalue weighted by Crippen LogP contribution is -2.02. The third-order valence-electron chi connectivity index (χ3n) is 2.79. The van der Waals surface area contributed by atoms with Gasteiger partial charge in [-0.3, -0.25) is 4.98 Å². The Bertz CT molecular complexity index is 566. The Morgan fingerprint density at radius 2 is 2.25 bits per heavy atom. The Hall–Kier alpha value is -1.45. The molecule has 0 bridgehead atoms. The molecule has 2 N–H and O–H groups in total. The van der Waals surface area contributed by atoms with Crippen molar-refractivity contribution in [1.29, 1.82) is 0 Å². The molecule has 0 fully saturated rings. The van der Waals surface area contributed by atoms with Crippen LogP contribution in [0.1, 0.15) is 17.0 Å².